The van der Waals surface area contributed by atoms with E-state index in [1.54, 1.807) is 0 Å². The molecule has 0 radical (unpaired) electrons. The molecule has 1 rings (SSSR count). The first-order valence-electron chi connectivity index (χ1n) is 5.66. The number of likely N-dealkylation sites (tertiary alicyclic amines) is 1. The van der Waals surface area contributed by atoms with Crippen molar-refractivity contribution >= 4 is 0 Å². The molecular weight excluding hydrogens is 165 g/mol. The molecule has 1 N–H and O–H groups in total. The summed E-state index contributed by atoms with van der Waals surface area (Å²) in [5.41, 5.74) is 0. The number of hydrogen-bond acceptors (Lipinski definition) is 0. The van der Waals surface area contributed by atoms with Crippen molar-refractivity contribution in [2.75, 3.05) is 19.6 Å². The Bertz CT molecular complexity index is 117. The molecule has 0 bridgehead atoms. The second-order valence-corrected chi connectivity index (χ2v) is 4.41. The van der Waals surface area contributed by atoms with Crippen molar-refractivity contribution in [3.8, 4) is 0 Å². The van der Waals surface area contributed by atoms with Gasteiger partial charge in [0.15, 0.2) is 0 Å². The van der Waals surface area contributed by atoms with Gasteiger partial charge in [0.1, 0.15) is 0 Å². The molecule has 0 aromatic rings. The van der Waals surface area contributed by atoms with Crippen LogP contribution in [-0.2, 0) is 0 Å². The van der Waals surface area contributed by atoms with E-state index in [-0.39, 0.29) is 4.70 Å². The van der Waals surface area contributed by atoms with Gasteiger partial charge in [0, 0.05) is 5.92 Å². The normalized spacial score (nSPS) is 28.2. The summed E-state index contributed by atoms with van der Waals surface area (Å²) in [7, 11) is 0. The largest absolute Gasteiger partial charge is 1.00 e. The van der Waals surface area contributed by atoms with Gasteiger partial charge in [-0.25, -0.2) is 0 Å². The maximum absolute atomic E-state index is 2.40. The van der Waals surface area contributed by atoms with Crippen LogP contribution in [0.15, 0.2) is 0 Å². The fourth-order valence-corrected chi connectivity index (χ4v) is 2.25. The average molecular weight is 189 g/mol. The lowest BCUT2D eigenvalue weighted by molar-refractivity contribution is -0.908. The Morgan fingerprint density at radius 2 is 2.08 bits per heavy atom. The van der Waals surface area contributed by atoms with Gasteiger partial charge >= 0.3 is 0 Å². The highest BCUT2D eigenvalue weighted by Gasteiger charge is 2.18. The lowest BCUT2D eigenvalue weighted by Gasteiger charge is -2.27. The second kappa shape index (κ2) is 7.31. The number of nitrogens with one attached hydrogen (secondary N) is 1. The smallest absolute Gasteiger partial charge is 0.0796 e. The summed E-state index contributed by atoms with van der Waals surface area (Å²) < 4.78 is 0. The van der Waals surface area contributed by atoms with Crippen molar-refractivity contribution in [1.82, 2.24) is 0 Å². The third kappa shape index (κ3) is 5.25. The van der Waals surface area contributed by atoms with E-state index < -0.39 is 0 Å². The Morgan fingerprint density at radius 3 is 2.69 bits per heavy atom. The van der Waals surface area contributed by atoms with Gasteiger partial charge in [-0.2, -0.15) is 0 Å². The third-order valence-electron chi connectivity index (χ3n) is 3.00. The van der Waals surface area contributed by atoms with Gasteiger partial charge in [-0.3, -0.25) is 0 Å². The van der Waals surface area contributed by atoms with E-state index in [9.17, 15) is 0 Å². The Balaban J connectivity index is 0.00000144. The summed E-state index contributed by atoms with van der Waals surface area (Å²) in [6.45, 7) is 8.99. The van der Waals surface area contributed by atoms with Crippen LogP contribution in [0.25, 0.3) is 0 Å². The molecule has 80 valence electrons. The van der Waals surface area contributed by atoms with E-state index in [2.05, 4.69) is 13.8 Å². The van der Waals surface area contributed by atoms with Crippen molar-refractivity contribution in [3.63, 3.8) is 0 Å². The molecule has 1 fully saturated rings. The summed E-state index contributed by atoms with van der Waals surface area (Å²) in [4.78, 5) is 1.86. The molecular formula is C11H24FN. The maximum Gasteiger partial charge on any atom is 0.0796 e. The van der Waals surface area contributed by atoms with Crippen LogP contribution in [0.1, 0.15) is 46.0 Å². The van der Waals surface area contributed by atoms with Crippen molar-refractivity contribution < 1.29 is 9.60 Å². The number of unbranched alkanes of at least 4 members (excludes halogenated alkanes) is 2. The number of piperidine rings is 1. The van der Waals surface area contributed by atoms with Gasteiger partial charge in [0.25, 0.3) is 0 Å². The Morgan fingerprint density at radius 1 is 1.31 bits per heavy atom. The molecule has 0 saturated carbocycles. The first-order valence-corrected chi connectivity index (χ1v) is 5.66. The van der Waals surface area contributed by atoms with Gasteiger partial charge in [0.2, 0.25) is 0 Å². The van der Waals surface area contributed by atoms with Crippen LogP contribution in [0.2, 0.25) is 0 Å². The van der Waals surface area contributed by atoms with Gasteiger partial charge in [-0.15, -0.1) is 0 Å². The lowest BCUT2D eigenvalue weighted by atomic mass is 10.00. The van der Waals surface area contributed by atoms with E-state index in [0.717, 1.165) is 5.92 Å². The number of quaternary nitrogens is 1. The molecule has 2 unspecified atom stereocenters. The van der Waals surface area contributed by atoms with Crippen molar-refractivity contribution in [1.29, 1.82) is 0 Å². The molecule has 1 heterocycles. The molecule has 0 aromatic heterocycles. The van der Waals surface area contributed by atoms with Crippen molar-refractivity contribution in [2.45, 2.75) is 46.0 Å². The summed E-state index contributed by atoms with van der Waals surface area (Å²) in [6.07, 6.45) is 7.17. The highest BCUT2D eigenvalue weighted by Crippen LogP contribution is 2.04. The molecule has 2 heteroatoms. The van der Waals surface area contributed by atoms with E-state index in [1.165, 1.54) is 51.7 Å². The zero-order chi connectivity index (χ0) is 8.81. The predicted molar refractivity (Wildman–Crippen MR) is 53.5 cm³/mol. The third-order valence-corrected chi connectivity index (χ3v) is 3.00. The fraction of sp³-hybridized carbons (Fsp3) is 1.00. The molecule has 13 heavy (non-hydrogen) atoms. The van der Waals surface area contributed by atoms with Gasteiger partial charge in [-0.1, -0.05) is 20.3 Å². The van der Waals surface area contributed by atoms with Gasteiger partial charge in [0.05, 0.1) is 19.6 Å². The first kappa shape index (κ1) is 12.9. The zero-order valence-corrected chi connectivity index (χ0v) is 9.11. The van der Waals surface area contributed by atoms with Crippen molar-refractivity contribution in [3.05, 3.63) is 0 Å². The molecule has 2 atom stereocenters. The number of rotatable bonds is 4. The van der Waals surface area contributed by atoms with Gasteiger partial charge in [-0.05, 0) is 25.7 Å². The molecule has 1 aliphatic heterocycles. The minimum atomic E-state index is 0. The summed E-state index contributed by atoms with van der Waals surface area (Å²) >= 11 is 0. The molecule has 0 aliphatic carbocycles. The fourth-order valence-electron chi connectivity index (χ4n) is 2.25. The summed E-state index contributed by atoms with van der Waals surface area (Å²) in [6, 6.07) is 0. The quantitative estimate of drug-likeness (QED) is 0.513. The van der Waals surface area contributed by atoms with E-state index in [1.807, 2.05) is 4.90 Å². The van der Waals surface area contributed by atoms with Crippen molar-refractivity contribution in [2.24, 2.45) is 5.92 Å². The monoisotopic (exact) mass is 189 g/mol. The summed E-state index contributed by atoms with van der Waals surface area (Å²) in [5, 5.41) is 0. The topological polar surface area (TPSA) is 4.44 Å². The Kier molecular flexibility index (Phi) is 7.25. The highest BCUT2D eigenvalue weighted by atomic mass is 19.0. The number of halogens is 1. The minimum absolute atomic E-state index is 0. The molecule has 1 saturated heterocycles. The minimum Gasteiger partial charge on any atom is -1.00 e. The van der Waals surface area contributed by atoms with Crippen LogP contribution in [0, 0.1) is 5.92 Å². The Hall–Kier alpha value is -0.110. The van der Waals surface area contributed by atoms with Crippen LogP contribution < -0.4 is 9.60 Å². The molecule has 0 aromatic carbocycles. The lowest BCUT2D eigenvalue weighted by Crippen LogP contribution is -3.13. The second-order valence-electron chi connectivity index (χ2n) is 4.41. The molecule has 1 nitrogen and oxygen atoms in total. The maximum atomic E-state index is 2.40. The van der Waals surface area contributed by atoms with Gasteiger partial charge < -0.3 is 9.60 Å². The van der Waals surface area contributed by atoms with Crippen LogP contribution in [0.3, 0.4) is 0 Å². The molecule has 1 aliphatic rings. The molecule has 0 amide bonds. The van der Waals surface area contributed by atoms with Crippen LogP contribution in [-0.4, -0.2) is 19.6 Å². The highest BCUT2D eigenvalue weighted by molar-refractivity contribution is 4.55. The van der Waals surface area contributed by atoms with E-state index >= 15 is 0 Å². The zero-order valence-electron chi connectivity index (χ0n) is 9.11. The van der Waals surface area contributed by atoms with E-state index in [0.29, 0.717) is 0 Å². The number of hydrogen-bond donors (Lipinski definition) is 1. The standard InChI is InChI=1S/C11H23N.FH/c1-3-4-5-8-12-9-6-7-11(2)10-12;/h11H,3-10H2,1-2H3;1H. The SMILES string of the molecule is CCCCC[NH+]1CCCC(C)C1.[F-]. The first-order chi connectivity index (χ1) is 5.83. The summed E-state index contributed by atoms with van der Waals surface area (Å²) in [5.74, 6) is 0.982. The average Bonchev–Trinajstić information content (AvgIpc) is 2.05. The van der Waals surface area contributed by atoms with E-state index in [4.69, 9.17) is 0 Å². The predicted octanol–water partition coefficient (Wildman–Crippen LogP) is -1.50. The van der Waals surface area contributed by atoms with Crippen LogP contribution in [0.5, 0.6) is 0 Å². The Labute approximate surface area is 81.9 Å². The van der Waals surface area contributed by atoms with Crippen LogP contribution >= 0.6 is 0 Å². The van der Waals surface area contributed by atoms with Crippen LogP contribution in [0.4, 0.5) is 0 Å². The molecule has 0 spiro atoms.